The number of carbonyl (C=O) groups is 1. The van der Waals surface area contributed by atoms with Gasteiger partial charge in [-0.15, -0.1) is 0 Å². The lowest BCUT2D eigenvalue weighted by Crippen LogP contribution is -2.66. The van der Waals surface area contributed by atoms with Crippen LogP contribution in [0.25, 0.3) is 0 Å². The summed E-state index contributed by atoms with van der Waals surface area (Å²) in [4.78, 5) is 12.0. The summed E-state index contributed by atoms with van der Waals surface area (Å²) >= 11 is 0. The average Bonchev–Trinajstić information content (AvgIpc) is 3.34. The fourth-order valence-corrected chi connectivity index (χ4v) is 10.6. The average molecular weight is 583 g/mol. The SMILES string of the molecule is CC[C@H]1[C@@H](OCOC)C2C3CC[C@H](C(C)CCC(=O)OC)[C@@]3(C)[C@@H](OCOC)CC2[C@@]2(C)CC[C@@H](OCOC)C[C@@H]12. The standard InChI is InChI=1S/C33H58O8/c1-9-23-26-16-22(39-18-35-5)14-15-32(26,3)27-17-28(40-19-36-6)33(4)24(21(2)10-13-29(34)38-8)11-12-25(33)30(27)31(23)41-20-37-7/h21-28,30-31H,9-20H2,1-8H3/t21?,22-,23-,24-,25?,26+,27?,28+,30?,31-,32+,33-/m1/s1. The van der Waals surface area contributed by atoms with Gasteiger partial charge in [0.15, 0.2) is 0 Å². The zero-order valence-corrected chi connectivity index (χ0v) is 27.0. The zero-order chi connectivity index (χ0) is 29.8. The van der Waals surface area contributed by atoms with Crippen molar-refractivity contribution in [3.63, 3.8) is 0 Å². The van der Waals surface area contributed by atoms with Crippen LogP contribution < -0.4 is 0 Å². The van der Waals surface area contributed by atoms with Crippen molar-refractivity contribution in [2.75, 3.05) is 48.8 Å². The molecule has 0 radical (unpaired) electrons. The van der Waals surface area contributed by atoms with Gasteiger partial charge in [0.25, 0.3) is 0 Å². The molecule has 41 heavy (non-hydrogen) atoms. The van der Waals surface area contributed by atoms with Crippen LogP contribution in [0, 0.1) is 52.3 Å². The second-order valence-electron chi connectivity index (χ2n) is 13.9. The van der Waals surface area contributed by atoms with E-state index >= 15 is 0 Å². The minimum Gasteiger partial charge on any atom is -0.469 e. The molecule has 0 saturated heterocycles. The van der Waals surface area contributed by atoms with E-state index in [0.29, 0.717) is 68.2 Å². The molecular formula is C33H58O8. The highest BCUT2D eigenvalue weighted by Crippen LogP contribution is 2.70. The van der Waals surface area contributed by atoms with Crippen LogP contribution in [-0.4, -0.2) is 73.1 Å². The molecule has 12 atom stereocenters. The Morgan fingerprint density at radius 3 is 2.20 bits per heavy atom. The first-order valence-corrected chi connectivity index (χ1v) is 16.1. The van der Waals surface area contributed by atoms with Crippen molar-refractivity contribution in [1.29, 1.82) is 0 Å². The van der Waals surface area contributed by atoms with Crippen molar-refractivity contribution in [3.8, 4) is 0 Å². The normalized spacial score (nSPS) is 42.7. The Morgan fingerprint density at radius 2 is 1.54 bits per heavy atom. The Balaban J connectivity index is 1.71. The van der Waals surface area contributed by atoms with Gasteiger partial charge >= 0.3 is 5.97 Å². The number of carbonyl (C=O) groups excluding carboxylic acids is 1. The van der Waals surface area contributed by atoms with Crippen LogP contribution in [0.2, 0.25) is 0 Å². The maximum Gasteiger partial charge on any atom is 0.305 e. The zero-order valence-electron chi connectivity index (χ0n) is 27.0. The third kappa shape index (κ3) is 6.26. The Labute approximate surface area is 248 Å². The van der Waals surface area contributed by atoms with E-state index in [4.69, 9.17) is 33.2 Å². The highest BCUT2D eigenvalue weighted by atomic mass is 16.7. The van der Waals surface area contributed by atoms with Gasteiger partial charge in [-0.1, -0.05) is 34.1 Å². The number of ether oxygens (including phenoxy) is 7. The molecule has 0 aromatic heterocycles. The third-order valence-electron chi connectivity index (χ3n) is 12.4. The Hall–Kier alpha value is -0.770. The van der Waals surface area contributed by atoms with Gasteiger partial charge in [0.2, 0.25) is 0 Å². The van der Waals surface area contributed by atoms with E-state index < -0.39 is 0 Å². The molecular weight excluding hydrogens is 524 g/mol. The first-order chi connectivity index (χ1) is 19.7. The van der Waals surface area contributed by atoms with Crippen LogP contribution >= 0.6 is 0 Å². The third-order valence-corrected chi connectivity index (χ3v) is 12.4. The summed E-state index contributed by atoms with van der Waals surface area (Å²) < 4.78 is 40.9. The quantitative estimate of drug-likeness (QED) is 0.181. The monoisotopic (exact) mass is 582 g/mol. The Morgan fingerprint density at radius 1 is 0.854 bits per heavy atom. The van der Waals surface area contributed by atoms with Crippen molar-refractivity contribution in [3.05, 3.63) is 0 Å². The van der Waals surface area contributed by atoms with Crippen LogP contribution in [-0.2, 0) is 38.0 Å². The fourth-order valence-electron chi connectivity index (χ4n) is 10.6. The maximum atomic E-state index is 12.0. The van der Waals surface area contributed by atoms with Crippen LogP contribution in [0.15, 0.2) is 0 Å². The van der Waals surface area contributed by atoms with Crippen molar-refractivity contribution in [1.82, 2.24) is 0 Å². The van der Waals surface area contributed by atoms with Gasteiger partial charge in [0, 0.05) is 33.2 Å². The van der Waals surface area contributed by atoms with Gasteiger partial charge in [-0.05, 0) is 91.8 Å². The fraction of sp³-hybridized carbons (Fsp3) is 0.970. The molecule has 0 aromatic carbocycles. The van der Waals surface area contributed by atoms with E-state index in [1.165, 1.54) is 13.5 Å². The highest BCUT2D eigenvalue weighted by Gasteiger charge is 2.68. The van der Waals surface area contributed by atoms with E-state index in [2.05, 4.69) is 27.7 Å². The van der Waals surface area contributed by atoms with E-state index in [9.17, 15) is 4.79 Å². The number of methoxy groups -OCH3 is 4. The summed E-state index contributed by atoms with van der Waals surface area (Å²) in [5, 5.41) is 0. The summed E-state index contributed by atoms with van der Waals surface area (Å²) in [7, 11) is 6.63. The lowest BCUT2D eigenvalue weighted by molar-refractivity contribution is -0.267. The Bertz CT molecular complexity index is 838. The lowest BCUT2D eigenvalue weighted by Gasteiger charge is -2.66. The topological polar surface area (TPSA) is 81.7 Å². The lowest BCUT2D eigenvalue weighted by atomic mass is 9.40. The van der Waals surface area contributed by atoms with Crippen molar-refractivity contribution in [2.24, 2.45) is 52.3 Å². The molecule has 0 N–H and O–H groups in total. The largest absolute Gasteiger partial charge is 0.469 e. The maximum absolute atomic E-state index is 12.0. The van der Waals surface area contributed by atoms with Crippen LogP contribution in [0.1, 0.15) is 85.5 Å². The predicted octanol–water partition coefficient (Wildman–Crippen LogP) is 6.06. The molecule has 0 amide bonds. The van der Waals surface area contributed by atoms with Crippen LogP contribution in [0.3, 0.4) is 0 Å². The van der Waals surface area contributed by atoms with E-state index in [0.717, 1.165) is 44.9 Å². The molecule has 0 bridgehead atoms. The minimum absolute atomic E-state index is 0.0236. The van der Waals surface area contributed by atoms with Gasteiger partial charge < -0.3 is 33.2 Å². The van der Waals surface area contributed by atoms with Crippen molar-refractivity contribution in [2.45, 2.75) is 104 Å². The van der Waals surface area contributed by atoms with Crippen molar-refractivity contribution >= 4 is 5.97 Å². The van der Waals surface area contributed by atoms with Gasteiger partial charge in [-0.3, -0.25) is 4.79 Å². The van der Waals surface area contributed by atoms with E-state index in [1.807, 2.05) is 0 Å². The first-order valence-electron chi connectivity index (χ1n) is 16.1. The number of rotatable bonds is 14. The predicted molar refractivity (Wildman–Crippen MR) is 156 cm³/mol. The second-order valence-corrected chi connectivity index (χ2v) is 13.9. The molecule has 0 aliphatic heterocycles. The number of esters is 1. The van der Waals surface area contributed by atoms with E-state index in [-0.39, 0.29) is 35.1 Å². The number of hydrogen-bond acceptors (Lipinski definition) is 8. The molecule has 4 rings (SSSR count). The molecule has 4 fully saturated rings. The summed E-state index contributed by atoms with van der Waals surface area (Å²) in [5.41, 5.74) is 0.167. The molecule has 0 heterocycles. The molecule has 4 unspecified atom stereocenters. The molecule has 0 aromatic rings. The summed E-state index contributed by atoms with van der Waals surface area (Å²) in [6.07, 6.45) is 9.46. The summed E-state index contributed by atoms with van der Waals surface area (Å²) in [6, 6.07) is 0. The molecule has 8 heteroatoms. The number of fused-ring (bicyclic) bond motifs is 5. The van der Waals surface area contributed by atoms with Gasteiger partial charge in [0.1, 0.15) is 20.4 Å². The molecule has 4 aliphatic rings. The van der Waals surface area contributed by atoms with Gasteiger partial charge in [-0.25, -0.2) is 0 Å². The first kappa shape index (κ1) is 33.1. The smallest absolute Gasteiger partial charge is 0.305 e. The molecule has 4 aliphatic carbocycles. The minimum atomic E-state index is -0.123. The molecule has 238 valence electrons. The second kappa shape index (κ2) is 14.3. The van der Waals surface area contributed by atoms with Crippen molar-refractivity contribution < 1.29 is 38.0 Å². The molecule has 8 nitrogen and oxygen atoms in total. The van der Waals surface area contributed by atoms with Gasteiger partial charge in [0.05, 0.1) is 25.4 Å². The van der Waals surface area contributed by atoms with Crippen LogP contribution in [0.4, 0.5) is 0 Å². The van der Waals surface area contributed by atoms with E-state index in [1.54, 1.807) is 21.3 Å². The molecule has 0 spiro atoms. The summed E-state index contributed by atoms with van der Waals surface area (Å²) in [5.74, 6) is 3.10. The van der Waals surface area contributed by atoms with Crippen LogP contribution in [0.5, 0.6) is 0 Å². The number of hydrogen-bond donors (Lipinski definition) is 0. The molecule has 4 saturated carbocycles. The highest BCUT2D eigenvalue weighted by molar-refractivity contribution is 5.69. The van der Waals surface area contributed by atoms with Gasteiger partial charge in [-0.2, -0.15) is 0 Å². The Kier molecular flexibility index (Phi) is 11.6. The summed E-state index contributed by atoms with van der Waals surface area (Å²) in [6.45, 7) is 10.7.